The third-order valence-corrected chi connectivity index (χ3v) is 3.18. The number of benzene rings is 1. The minimum absolute atomic E-state index is 0.192. The second kappa shape index (κ2) is 6.72. The molecule has 0 aromatic heterocycles. The van der Waals surface area contributed by atoms with Gasteiger partial charge in [0.1, 0.15) is 0 Å². The average molecular weight is 246 g/mol. The van der Waals surface area contributed by atoms with Gasteiger partial charge in [-0.3, -0.25) is 0 Å². The van der Waals surface area contributed by atoms with Gasteiger partial charge >= 0.3 is 0 Å². The maximum absolute atomic E-state index is 5.76. The van der Waals surface area contributed by atoms with Crippen molar-refractivity contribution in [1.82, 2.24) is 0 Å². The second-order valence-electron chi connectivity index (χ2n) is 4.78. The summed E-state index contributed by atoms with van der Waals surface area (Å²) in [6, 6.07) is 8.57. The molecule has 98 valence electrons. The van der Waals surface area contributed by atoms with E-state index in [-0.39, 0.29) is 6.29 Å². The van der Waals surface area contributed by atoms with Gasteiger partial charge in [-0.05, 0) is 18.9 Å². The first kappa shape index (κ1) is 13.3. The van der Waals surface area contributed by atoms with Crippen molar-refractivity contribution in [3.63, 3.8) is 0 Å². The molecule has 1 aliphatic rings. The first-order chi connectivity index (χ1) is 8.83. The molecule has 18 heavy (non-hydrogen) atoms. The molecule has 0 saturated carbocycles. The van der Waals surface area contributed by atoms with E-state index in [2.05, 4.69) is 43.3 Å². The highest BCUT2D eigenvalue weighted by Crippen LogP contribution is 2.25. The van der Waals surface area contributed by atoms with E-state index in [1.54, 1.807) is 0 Å². The summed E-state index contributed by atoms with van der Waals surface area (Å²) in [5, 5.41) is 0. The second-order valence-corrected chi connectivity index (χ2v) is 4.78. The molecule has 0 amide bonds. The molecular formula is C16H22O2. The number of hydrogen-bond acceptors (Lipinski definition) is 2. The van der Waals surface area contributed by atoms with E-state index in [0.29, 0.717) is 5.92 Å². The van der Waals surface area contributed by atoms with Crippen LogP contribution in [-0.4, -0.2) is 13.2 Å². The zero-order valence-corrected chi connectivity index (χ0v) is 11.3. The lowest BCUT2D eigenvalue weighted by atomic mass is 10.1. The number of rotatable bonds is 4. The quantitative estimate of drug-likeness (QED) is 0.751. The van der Waals surface area contributed by atoms with Gasteiger partial charge in [0, 0.05) is 11.5 Å². The maximum Gasteiger partial charge on any atom is 0.183 e. The lowest BCUT2D eigenvalue weighted by Crippen LogP contribution is -2.25. The molecule has 0 bridgehead atoms. The summed E-state index contributed by atoms with van der Waals surface area (Å²) in [7, 11) is 0. The summed E-state index contributed by atoms with van der Waals surface area (Å²) in [6.07, 6.45) is 6.32. The Balaban J connectivity index is 1.92. The molecule has 0 spiro atoms. The fourth-order valence-corrected chi connectivity index (χ4v) is 2.22. The summed E-state index contributed by atoms with van der Waals surface area (Å²) in [6.45, 7) is 5.71. The Kier molecular flexibility index (Phi) is 4.97. The minimum atomic E-state index is -0.192. The smallest absolute Gasteiger partial charge is 0.183 e. The lowest BCUT2D eigenvalue weighted by Gasteiger charge is -2.28. The van der Waals surface area contributed by atoms with Gasteiger partial charge in [-0.25, -0.2) is 0 Å². The van der Waals surface area contributed by atoms with Crippen LogP contribution in [-0.2, 0) is 15.9 Å². The van der Waals surface area contributed by atoms with Crippen LogP contribution in [0, 0.1) is 5.92 Å². The normalized spacial score (nSPS) is 24.6. The number of aryl methyl sites for hydroxylation is 1. The fourth-order valence-electron chi connectivity index (χ4n) is 2.22. The third-order valence-electron chi connectivity index (χ3n) is 3.18. The van der Waals surface area contributed by atoms with Crippen molar-refractivity contribution in [3.05, 3.63) is 47.5 Å². The Morgan fingerprint density at radius 1 is 1.17 bits per heavy atom. The third kappa shape index (κ3) is 3.44. The molecule has 0 unspecified atom stereocenters. The van der Waals surface area contributed by atoms with E-state index in [0.717, 1.165) is 25.2 Å². The van der Waals surface area contributed by atoms with E-state index in [4.69, 9.17) is 9.47 Å². The Morgan fingerprint density at radius 3 is 2.39 bits per heavy atom. The fraction of sp³-hybridized carbons (Fsp3) is 0.500. The van der Waals surface area contributed by atoms with E-state index in [9.17, 15) is 0 Å². The molecule has 1 fully saturated rings. The standard InChI is InChI=1S/C16H22O2/c1-3-5-13-7-9-15(10-8-13)16-17-11-14(6-4-2)12-18-16/h4,6-10,14,16H,3,5,11-12H2,1-2H3/b6-4+/t14-,16-. The van der Waals surface area contributed by atoms with Gasteiger partial charge in [-0.2, -0.15) is 0 Å². The largest absolute Gasteiger partial charge is 0.348 e. The summed E-state index contributed by atoms with van der Waals surface area (Å²) in [5.41, 5.74) is 2.50. The summed E-state index contributed by atoms with van der Waals surface area (Å²) < 4.78 is 11.5. The molecule has 2 rings (SSSR count). The first-order valence-corrected chi connectivity index (χ1v) is 6.78. The zero-order chi connectivity index (χ0) is 12.8. The van der Waals surface area contributed by atoms with Crippen LogP contribution in [0.4, 0.5) is 0 Å². The van der Waals surface area contributed by atoms with Crippen molar-refractivity contribution < 1.29 is 9.47 Å². The van der Waals surface area contributed by atoms with Crippen molar-refractivity contribution in [2.24, 2.45) is 5.92 Å². The maximum atomic E-state index is 5.76. The van der Waals surface area contributed by atoms with Crippen LogP contribution in [0.1, 0.15) is 37.7 Å². The lowest BCUT2D eigenvalue weighted by molar-refractivity contribution is -0.197. The highest BCUT2D eigenvalue weighted by molar-refractivity contribution is 5.23. The van der Waals surface area contributed by atoms with Crippen molar-refractivity contribution >= 4 is 0 Å². The molecule has 2 heteroatoms. The van der Waals surface area contributed by atoms with Gasteiger partial charge in [0.2, 0.25) is 0 Å². The van der Waals surface area contributed by atoms with Crippen molar-refractivity contribution in [1.29, 1.82) is 0 Å². The molecule has 2 nitrogen and oxygen atoms in total. The molecule has 1 aliphatic heterocycles. The molecule has 1 heterocycles. The summed E-state index contributed by atoms with van der Waals surface area (Å²) in [4.78, 5) is 0. The van der Waals surface area contributed by atoms with Crippen LogP contribution in [0.25, 0.3) is 0 Å². The number of hydrogen-bond donors (Lipinski definition) is 0. The van der Waals surface area contributed by atoms with Crippen molar-refractivity contribution in [2.75, 3.05) is 13.2 Å². The molecule has 0 atom stereocenters. The molecule has 0 N–H and O–H groups in total. The summed E-state index contributed by atoms with van der Waals surface area (Å²) >= 11 is 0. The molecule has 0 aliphatic carbocycles. The van der Waals surface area contributed by atoms with Crippen LogP contribution in [0.3, 0.4) is 0 Å². The van der Waals surface area contributed by atoms with Gasteiger partial charge in [0.15, 0.2) is 6.29 Å². The van der Waals surface area contributed by atoms with Gasteiger partial charge in [0.25, 0.3) is 0 Å². The Labute approximate surface area is 110 Å². The predicted octanol–water partition coefficient (Wildman–Crippen LogP) is 3.88. The highest BCUT2D eigenvalue weighted by Gasteiger charge is 2.21. The zero-order valence-electron chi connectivity index (χ0n) is 11.3. The van der Waals surface area contributed by atoms with E-state index < -0.39 is 0 Å². The van der Waals surface area contributed by atoms with Crippen LogP contribution in [0.15, 0.2) is 36.4 Å². The van der Waals surface area contributed by atoms with Crippen molar-refractivity contribution in [2.45, 2.75) is 33.0 Å². The molecule has 1 saturated heterocycles. The molecule has 0 radical (unpaired) electrons. The topological polar surface area (TPSA) is 18.5 Å². The van der Waals surface area contributed by atoms with Gasteiger partial charge < -0.3 is 9.47 Å². The first-order valence-electron chi connectivity index (χ1n) is 6.78. The Hall–Kier alpha value is -1.12. The van der Waals surface area contributed by atoms with Gasteiger partial charge in [0.05, 0.1) is 13.2 Å². The molecule has 1 aromatic rings. The predicted molar refractivity (Wildman–Crippen MR) is 73.4 cm³/mol. The van der Waals surface area contributed by atoms with E-state index in [1.165, 1.54) is 12.0 Å². The molecule has 1 aromatic carbocycles. The van der Waals surface area contributed by atoms with Crippen molar-refractivity contribution in [3.8, 4) is 0 Å². The van der Waals surface area contributed by atoms with Gasteiger partial charge in [-0.1, -0.05) is 49.8 Å². The number of allylic oxidation sites excluding steroid dienone is 1. The van der Waals surface area contributed by atoms with E-state index in [1.807, 2.05) is 6.92 Å². The monoisotopic (exact) mass is 246 g/mol. The summed E-state index contributed by atoms with van der Waals surface area (Å²) in [5.74, 6) is 0.394. The van der Waals surface area contributed by atoms with Gasteiger partial charge in [-0.15, -0.1) is 0 Å². The Morgan fingerprint density at radius 2 is 1.83 bits per heavy atom. The number of ether oxygens (including phenoxy) is 2. The highest BCUT2D eigenvalue weighted by atomic mass is 16.7. The van der Waals surface area contributed by atoms with E-state index >= 15 is 0 Å². The van der Waals surface area contributed by atoms with Crippen LogP contribution >= 0.6 is 0 Å². The van der Waals surface area contributed by atoms with Crippen LogP contribution in [0.5, 0.6) is 0 Å². The molecular weight excluding hydrogens is 224 g/mol. The Bertz CT molecular complexity index is 373. The van der Waals surface area contributed by atoms with Crippen LogP contribution in [0.2, 0.25) is 0 Å². The van der Waals surface area contributed by atoms with Crippen LogP contribution < -0.4 is 0 Å². The average Bonchev–Trinajstić information content (AvgIpc) is 2.41. The SMILES string of the molecule is C/C=C/[C@H]1CO[C@H](c2ccc(CCC)cc2)OC1. The minimum Gasteiger partial charge on any atom is -0.348 e.